The molecule has 0 bridgehead atoms. The Bertz CT molecular complexity index is 457. The fourth-order valence-corrected chi connectivity index (χ4v) is 2.63. The first-order chi connectivity index (χ1) is 11.6. The Hall–Kier alpha value is -1.50. The second-order valence-corrected chi connectivity index (χ2v) is 5.72. The van der Waals surface area contributed by atoms with Crippen molar-refractivity contribution in [3.63, 3.8) is 0 Å². The Kier molecular flexibility index (Phi) is 8.89. The van der Waals surface area contributed by atoms with Crippen molar-refractivity contribution in [1.29, 1.82) is 0 Å². The molecule has 0 aliphatic rings. The zero-order valence-corrected chi connectivity index (χ0v) is 15.6. The summed E-state index contributed by atoms with van der Waals surface area (Å²) in [4.78, 5) is 0. The molecule has 0 aliphatic carbocycles. The van der Waals surface area contributed by atoms with E-state index in [0.29, 0.717) is 43.7 Å². The SMILES string of the molecule is CCC(COC)(COC)COCc1c(OC)cc(OC)cc1OC. The van der Waals surface area contributed by atoms with Gasteiger partial charge in [0.2, 0.25) is 0 Å². The molecular weight excluding hydrogens is 312 g/mol. The van der Waals surface area contributed by atoms with Gasteiger partial charge in [0.15, 0.2) is 0 Å². The third-order valence-corrected chi connectivity index (χ3v) is 4.12. The van der Waals surface area contributed by atoms with Crippen molar-refractivity contribution in [1.82, 2.24) is 0 Å². The summed E-state index contributed by atoms with van der Waals surface area (Å²) in [5.74, 6) is 2.02. The summed E-state index contributed by atoms with van der Waals surface area (Å²) in [6, 6.07) is 3.64. The minimum absolute atomic E-state index is 0.170. The van der Waals surface area contributed by atoms with Crippen molar-refractivity contribution in [3.05, 3.63) is 17.7 Å². The van der Waals surface area contributed by atoms with Crippen molar-refractivity contribution in [3.8, 4) is 17.2 Å². The van der Waals surface area contributed by atoms with Gasteiger partial charge in [0.1, 0.15) is 17.2 Å². The molecule has 6 nitrogen and oxygen atoms in total. The average molecular weight is 342 g/mol. The number of rotatable bonds is 12. The van der Waals surface area contributed by atoms with Crippen LogP contribution in [0, 0.1) is 5.41 Å². The second kappa shape index (κ2) is 10.4. The Labute approximate surface area is 144 Å². The van der Waals surface area contributed by atoms with Crippen LogP contribution >= 0.6 is 0 Å². The van der Waals surface area contributed by atoms with Gasteiger partial charge in [-0.15, -0.1) is 0 Å². The Balaban J connectivity index is 2.89. The van der Waals surface area contributed by atoms with E-state index < -0.39 is 0 Å². The quantitative estimate of drug-likeness (QED) is 0.582. The lowest BCUT2D eigenvalue weighted by molar-refractivity contribution is -0.0569. The van der Waals surface area contributed by atoms with Gasteiger partial charge in [-0.05, 0) is 6.42 Å². The van der Waals surface area contributed by atoms with E-state index >= 15 is 0 Å². The maximum Gasteiger partial charge on any atom is 0.131 e. The molecular formula is C18H30O6. The van der Waals surface area contributed by atoms with Crippen LogP contribution in [0.4, 0.5) is 0 Å². The molecule has 0 unspecified atom stereocenters. The van der Waals surface area contributed by atoms with Crippen LogP contribution in [0.3, 0.4) is 0 Å². The molecule has 0 atom stereocenters. The summed E-state index contributed by atoms with van der Waals surface area (Å²) >= 11 is 0. The van der Waals surface area contributed by atoms with E-state index in [-0.39, 0.29) is 5.41 Å². The summed E-state index contributed by atoms with van der Waals surface area (Å²) in [7, 11) is 8.22. The lowest BCUT2D eigenvalue weighted by Gasteiger charge is -2.31. The topological polar surface area (TPSA) is 55.4 Å². The third kappa shape index (κ3) is 5.26. The van der Waals surface area contributed by atoms with Gasteiger partial charge < -0.3 is 28.4 Å². The molecule has 0 fully saturated rings. The van der Waals surface area contributed by atoms with Crippen molar-refractivity contribution >= 4 is 0 Å². The van der Waals surface area contributed by atoms with E-state index in [1.165, 1.54) is 0 Å². The molecule has 1 aromatic rings. The maximum atomic E-state index is 5.98. The normalized spacial score (nSPS) is 11.4. The van der Waals surface area contributed by atoms with Gasteiger partial charge in [-0.25, -0.2) is 0 Å². The van der Waals surface area contributed by atoms with Gasteiger partial charge in [0, 0.05) is 31.8 Å². The number of methoxy groups -OCH3 is 5. The minimum atomic E-state index is -0.170. The number of hydrogen-bond acceptors (Lipinski definition) is 6. The summed E-state index contributed by atoms with van der Waals surface area (Å²) < 4.78 is 32.8. The van der Waals surface area contributed by atoms with E-state index in [0.717, 1.165) is 12.0 Å². The highest BCUT2D eigenvalue weighted by Crippen LogP contribution is 2.35. The van der Waals surface area contributed by atoms with Crippen molar-refractivity contribution in [2.24, 2.45) is 5.41 Å². The zero-order chi connectivity index (χ0) is 18.0. The molecule has 0 saturated carbocycles. The number of benzene rings is 1. The molecule has 138 valence electrons. The fourth-order valence-electron chi connectivity index (χ4n) is 2.63. The highest BCUT2D eigenvalue weighted by molar-refractivity contribution is 5.50. The van der Waals surface area contributed by atoms with Gasteiger partial charge in [-0.3, -0.25) is 0 Å². The summed E-state index contributed by atoms with van der Waals surface area (Å²) in [6.45, 7) is 4.15. The van der Waals surface area contributed by atoms with Crippen LogP contribution in [-0.2, 0) is 20.8 Å². The van der Waals surface area contributed by atoms with Gasteiger partial charge in [0.25, 0.3) is 0 Å². The Morgan fingerprint density at radius 2 is 1.33 bits per heavy atom. The van der Waals surface area contributed by atoms with E-state index in [2.05, 4.69) is 6.92 Å². The first kappa shape index (κ1) is 20.5. The summed E-state index contributed by atoms with van der Waals surface area (Å²) in [5, 5.41) is 0. The molecule has 0 aromatic heterocycles. The molecule has 0 aliphatic heterocycles. The van der Waals surface area contributed by atoms with Crippen LogP contribution in [-0.4, -0.2) is 55.4 Å². The van der Waals surface area contributed by atoms with E-state index in [9.17, 15) is 0 Å². The first-order valence-electron chi connectivity index (χ1n) is 7.94. The second-order valence-electron chi connectivity index (χ2n) is 5.72. The fraction of sp³-hybridized carbons (Fsp3) is 0.667. The van der Waals surface area contributed by atoms with Gasteiger partial charge in [-0.1, -0.05) is 6.92 Å². The van der Waals surface area contributed by atoms with Crippen molar-refractivity contribution < 1.29 is 28.4 Å². The predicted molar refractivity (Wildman–Crippen MR) is 92.2 cm³/mol. The Morgan fingerprint density at radius 1 is 0.792 bits per heavy atom. The number of hydrogen-bond donors (Lipinski definition) is 0. The third-order valence-electron chi connectivity index (χ3n) is 4.12. The van der Waals surface area contributed by atoms with Crippen LogP contribution in [0.5, 0.6) is 17.2 Å². The molecule has 0 spiro atoms. The van der Waals surface area contributed by atoms with Crippen LogP contribution in [0.2, 0.25) is 0 Å². The molecule has 24 heavy (non-hydrogen) atoms. The van der Waals surface area contributed by atoms with E-state index in [4.69, 9.17) is 28.4 Å². The monoisotopic (exact) mass is 342 g/mol. The smallest absolute Gasteiger partial charge is 0.131 e. The Morgan fingerprint density at radius 3 is 1.71 bits per heavy atom. The standard InChI is InChI=1S/C18H30O6/c1-7-18(11-19-2,12-20-3)13-24-10-15-16(22-5)8-14(21-4)9-17(15)23-6/h8-9H,7,10-13H2,1-6H3. The van der Waals surface area contributed by atoms with Crippen LogP contribution in [0.1, 0.15) is 18.9 Å². The molecule has 0 N–H and O–H groups in total. The molecule has 6 heteroatoms. The molecule has 0 amide bonds. The zero-order valence-electron chi connectivity index (χ0n) is 15.6. The largest absolute Gasteiger partial charge is 0.496 e. The van der Waals surface area contributed by atoms with Gasteiger partial charge in [0.05, 0.1) is 53.3 Å². The lowest BCUT2D eigenvalue weighted by Crippen LogP contribution is -2.36. The first-order valence-corrected chi connectivity index (χ1v) is 7.94. The molecule has 0 saturated heterocycles. The van der Waals surface area contributed by atoms with E-state index in [1.807, 2.05) is 12.1 Å². The van der Waals surface area contributed by atoms with Crippen LogP contribution < -0.4 is 14.2 Å². The summed E-state index contributed by atoms with van der Waals surface area (Å²) in [5.41, 5.74) is 0.678. The summed E-state index contributed by atoms with van der Waals surface area (Å²) in [6.07, 6.45) is 0.894. The molecule has 1 aromatic carbocycles. The predicted octanol–water partition coefficient (Wildman–Crippen LogP) is 2.92. The highest BCUT2D eigenvalue weighted by atomic mass is 16.5. The number of ether oxygens (including phenoxy) is 6. The minimum Gasteiger partial charge on any atom is -0.496 e. The molecule has 0 radical (unpaired) electrons. The maximum absolute atomic E-state index is 5.98. The van der Waals surface area contributed by atoms with Gasteiger partial charge in [-0.2, -0.15) is 0 Å². The van der Waals surface area contributed by atoms with Crippen molar-refractivity contribution in [2.75, 3.05) is 55.4 Å². The average Bonchev–Trinajstić information content (AvgIpc) is 2.61. The van der Waals surface area contributed by atoms with Crippen LogP contribution in [0.15, 0.2) is 12.1 Å². The lowest BCUT2D eigenvalue weighted by atomic mass is 9.88. The molecule has 0 heterocycles. The highest BCUT2D eigenvalue weighted by Gasteiger charge is 2.29. The van der Waals surface area contributed by atoms with Crippen molar-refractivity contribution in [2.45, 2.75) is 20.0 Å². The van der Waals surface area contributed by atoms with Crippen LogP contribution in [0.25, 0.3) is 0 Å². The van der Waals surface area contributed by atoms with Gasteiger partial charge >= 0.3 is 0 Å². The van der Waals surface area contributed by atoms with E-state index in [1.54, 1.807) is 35.5 Å². The molecule has 1 rings (SSSR count).